The van der Waals surface area contributed by atoms with Crippen LogP contribution in [0.15, 0.2) is 0 Å². The lowest BCUT2D eigenvalue weighted by atomic mass is 9.80. The second kappa shape index (κ2) is 6.62. The maximum absolute atomic E-state index is 12.1. The van der Waals surface area contributed by atoms with Crippen molar-refractivity contribution < 1.29 is 19.4 Å². The van der Waals surface area contributed by atoms with Gasteiger partial charge in [0.2, 0.25) is 0 Å². The van der Waals surface area contributed by atoms with Crippen molar-refractivity contribution in [2.75, 3.05) is 46.4 Å². The Kier molecular flexibility index (Phi) is 5.05. The minimum atomic E-state index is -0.777. The molecule has 2 aliphatic heterocycles. The molecule has 2 aliphatic rings. The molecule has 21 heavy (non-hydrogen) atoms. The summed E-state index contributed by atoms with van der Waals surface area (Å²) in [4.78, 5) is 27.1. The van der Waals surface area contributed by atoms with Crippen LogP contribution in [0.3, 0.4) is 0 Å². The van der Waals surface area contributed by atoms with E-state index in [-0.39, 0.29) is 12.1 Å². The zero-order valence-electron chi connectivity index (χ0n) is 12.8. The number of carbonyl (C=O) groups excluding carboxylic acids is 1. The third-order valence-corrected chi connectivity index (χ3v) is 4.49. The van der Waals surface area contributed by atoms with Gasteiger partial charge in [-0.05, 0) is 26.8 Å². The molecule has 1 unspecified atom stereocenters. The van der Waals surface area contributed by atoms with Crippen LogP contribution in [0.5, 0.6) is 0 Å². The Hall–Kier alpha value is -1.34. The lowest BCUT2D eigenvalue weighted by molar-refractivity contribution is -0.150. The number of hydrogen-bond donors (Lipinski definition) is 2. The van der Waals surface area contributed by atoms with E-state index >= 15 is 0 Å². The molecule has 120 valence electrons. The molecule has 2 amide bonds. The molecule has 2 fully saturated rings. The van der Waals surface area contributed by atoms with E-state index in [1.807, 2.05) is 7.05 Å². The van der Waals surface area contributed by atoms with Crippen LogP contribution in [0.4, 0.5) is 4.79 Å². The van der Waals surface area contributed by atoms with Gasteiger partial charge in [-0.1, -0.05) is 0 Å². The molecule has 0 bridgehead atoms. The van der Waals surface area contributed by atoms with Gasteiger partial charge in [0, 0.05) is 32.7 Å². The van der Waals surface area contributed by atoms with E-state index in [0.29, 0.717) is 39.1 Å². The molecule has 7 heteroatoms. The molecule has 2 rings (SSSR count). The van der Waals surface area contributed by atoms with E-state index < -0.39 is 11.4 Å². The molecule has 0 aliphatic carbocycles. The first-order chi connectivity index (χ1) is 9.90. The van der Waals surface area contributed by atoms with Gasteiger partial charge in [0.05, 0.1) is 18.1 Å². The second-order valence-corrected chi connectivity index (χ2v) is 6.29. The zero-order valence-corrected chi connectivity index (χ0v) is 12.8. The third-order valence-electron chi connectivity index (χ3n) is 4.49. The largest absolute Gasteiger partial charge is 0.481 e. The van der Waals surface area contributed by atoms with Crippen LogP contribution < -0.4 is 5.32 Å². The highest BCUT2D eigenvalue weighted by Gasteiger charge is 2.38. The van der Waals surface area contributed by atoms with E-state index in [1.165, 1.54) is 0 Å². The Morgan fingerprint density at radius 2 is 2.00 bits per heavy atom. The van der Waals surface area contributed by atoms with Gasteiger partial charge in [-0.2, -0.15) is 0 Å². The Bertz CT molecular complexity index is 394. The fourth-order valence-electron chi connectivity index (χ4n) is 2.72. The predicted molar refractivity (Wildman–Crippen MR) is 77.2 cm³/mol. The molecule has 0 spiro atoms. The van der Waals surface area contributed by atoms with Gasteiger partial charge < -0.3 is 25.0 Å². The summed E-state index contributed by atoms with van der Waals surface area (Å²) in [5, 5.41) is 12.1. The molecule has 0 radical (unpaired) electrons. The number of ether oxygens (including phenoxy) is 1. The number of piperidine rings is 1. The van der Waals surface area contributed by atoms with Crippen molar-refractivity contribution in [3.63, 3.8) is 0 Å². The van der Waals surface area contributed by atoms with E-state index in [9.17, 15) is 14.7 Å². The summed E-state index contributed by atoms with van der Waals surface area (Å²) in [6.07, 6.45) is 1.03. The monoisotopic (exact) mass is 299 g/mol. The molecule has 1 atom stereocenters. The number of carboxylic acid groups (broad SMARTS) is 1. The molecule has 0 saturated carbocycles. The highest BCUT2D eigenvalue weighted by Crippen LogP contribution is 2.30. The minimum absolute atomic E-state index is 0.0294. The van der Waals surface area contributed by atoms with Gasteiger partial charge in [0.1, 0.15) is 0 Å². The summed E-state index contributed by atoms with van der Waals surface area (Å²) >= 11 is 0. The van der Waals surface area contributed by atoms with Gasteiger partial charge in [-0.3, -0.25) is 4.79 Å². The molecule has 0 aromatic heterocycles. The Morgan fingerprint density at radius 3 is 2.57 bits per heavy atom. The number of urea groups is 1. The van der Waals surface area contributed by atoms with Crippen molar-refractivity contribution in [2.45, 2.75) is 25.9 Å². The van der Waals surface area contributed by atoms with E-state index in [4.69, 9.17) is 4.74 Å². The first-order valence-electron chi connectivity index (χ1n) is 7.47. The van der Waals surface area contributed by atoms with Crippen LogP contribution in [0.1, 0.15) is 19.8 Å². The summed E-state index contributed by atoms with van der Waals surface area (Å²) in [5.74, 6) is -0.777. The quantitative estimate of drug-likeness (QED) is 0.779. The van der Waals surface area contributed by atoms with Gasteiger partial charge in [0.25, 0.3) is 0 Å². The second-order valence-electron chi connectivity index (χ2n) is 6.29. The maximum Gasteiger partial charge on any atom is 0.317 e. The van der Waals surface area contributed by atoms with Crippen LogP contribution in [0.25, 0.3) is 0 Å². The molecule has 7 nitrogen and oxygen atoms in total. The Labute approximate surface area is 125 Å². The standard InChI is InChI=1S/C14H25N3O4/c1-14(12(18)19)3-5-17(6-4-14)13(20)15-9-11-10-16(2)7-8-21-11/h11H,3-10H2,1-2H3,(H,15,20)(H,18,19). The van der Waals surface area contributed by atoms with E-state index in [0.717, 1.165) is 13.1 Å². The topological polar surface area (TPSA) is 82.1 Å². The molecule has 0 aromatic carbocycles. The van der Waals surface area contributed by atoms with Crippen LogP contribution >= 0.6 is 0 Å². The number of amides is 2. The van der Waals surface area contributed by atoms with Crippen LogP contribution in [-0.4, -0.2) is 79.4 Å². The zero-order chi connectivity index (χ0) is 15.5. The van der Waals surface area contributed by atoms with E-state index in [1.54, 1.807) is 11.8 Å². The number of nitrogens with one attached hydrogen (secondary N) is 1. The summed E-state index contributed by atoms with van der Waals surface area (Å²) in [6.45, 7) is 5.64. The van der Waals surface area contributed by atoms with Crippen molar-refractivity contribution >= 4 is 12.0 Å². The molecular formula is C14H25N3O4. The minimum Gasteiger partial charge on any atom is -0.481 e. The van der Waals surface area contributed by atoms with Crippen molar-refractivity contribution in [3.8, 4) is 0 Å². The number of carboxylic acids is 1. The highest BCUT2D eigenvalue weighted by atomic mass is 16.5. The summed E-state index contributed by atoms with van der Waals surface area (Å²) in [5.41, 5.74) is -0.702. The number of morpholine rings is 1. The lowest BCUT2D eigenvalue weighted by Gasteiger charge is -2.37. The van der Waals surface area contributed by atoms with Crippen molar-refractivity contribution in [3.05, 3.63) is 0 Å². The molecule has 2 saturated heterocycles. The number of aliphatic carboxylic acids is 1. The smallest absolute Gasteiger partial charge is 0.317 e. The number of carbonyl (C=O) groups is 2. The highest BCUT2D eigenvalue weighted by molar-refractivity contribution is 5.77. The lowest BCUT2D eigenvalue weighted by Crippen LogP contribution is -2.51. The number of rotatable bonds is 3. The number of likely N-dealkylation sites (N-methyl/N-ethyl adjacent to an activating group) is 1. The van der Waals surface area contributed by atoms with Gasteiger partial charge >= 0.3 is 12.0 Å². The van der Waals surface area contributed by atoms with Crippen LogP contribution in [-0.2, 0) is 9.53 Å². The fourth-order valence-corrected chi connectivity index (χ4v) is 2.72. The maximum atomic E-state index is 12.1. The van der Waals surface area contributed by atoms with E-state index in [2.05, 4.69) is 10.2 Å². The first kappa shape index (κ1) is 16.0. The molecular weight excluding hydrogens is 274 g/mol. The van der Waals surface area contributed by atoms with Crippen molar-refractivity contribution in [1.29, 1.82) is 0 Å². The molecule has 2 heterocycles. The SMILES string of the molecule is CN1CCOC(CNC(=O)N2CCC(C)(C(=O)O)CC2)C1. The van der Waals surface area contributed by atoms with Crippen molar-refractivity contribution in [2.24, 2.45) is 5.41 Å². The average Bonchev–Trinajstić information content (AvgIpc) is 2.45. The van der Waals surface area contributed by atoms with Gasteiger partial charge in [0.15, 0.2) is 0 Å². The number of nitrogens with zero attached hydrogens (tertiary/aromatic N) is 2. The molecule has 2 N–H and O–H groups in total. The number of hydrogen-bond acceptors (Lipinski definition) is 4. The van der Waals surface area contributed by atoms with Gasteiger partial charge in [-0.25, -0.2) is 4.79 Å². The summed E-state index contributed by atoms with van der Waals surface area (Å²) in [7, 11) is 2.04. The predicted octanol–water partition coefficient (Wildman–Crippen LogP) is 0.213. The van der Waals surface area contributed by atoms with Gasteiger partial charge in [-0.15, -0.1) is 0 Å². The normalized spacial score (nSPS) is 26.4. The summed E-state index contributed by atoms with van der Waals surface area (Å²) in [6, 6.07) is -0.126. The Balaban J connectivity index is 1.73. The fraction of sp³-hybridized carbons (Fsp3) is 0.857. The van der Waals surface area contributed by atoms with Crippen molar-refractivity contribution in [1.82, 2.24) is 15.1 Å². The third kappa shape index (κ3) is 4.07. The van der Waals surface area contributed by atoms with Crippen LogP contribution in [0.2, 0.25) is 0 Å². The number of likely N-dealkylation sites (tertiary alicyclic amines) is 1. The average molecular weight is 299 g/mol. The first-order valence-corrected chi connectivity index (χ1v) is 7.47. The summed E-state index contributed by atoms with van der Waals surface area (Å²) < 4.78 is 5.60. The van der Waals surface area contributed by atoms with Crippen LogP contribution in [0, 0.1) is 5.41 Å². The molecule has 0 aromatic rings. The Morgan fingerprint density at radius 1 is 1.33 bits per heavy atom.